The predicted molar refractivity (Wildman–Crippen MR) is 115 cm³/mol. The van der Waals surface area contributed by atoms with E-state index in [0.29, 0.717) is 32.5 Å². The van der Waals surface area contributed by atoms with E-state index in [1.54, 1.807) is 0 Å². The van der Waals surface area contributed by atoms with Gasteiger partial charge >= 0.3 is 0 Å². The quantitative estimate of drug-likeness (QED) is 0.255. The third-order valence-electron chi connectivity index (χ3n) is 5.88. The van der Waals surface area contributed by atoms with Gasteiger partial charge in [0.05, 0.1) is 5.38 Å². The second-order valence-corrected chi connectivity index (χ2v) is 11.0. The van der Waals surface area contributed by atoms with Crippen molar-refractivity contribution in [1.82, 2.24) is 30.9 Å². The van der Waals surface area contributed by atoms with Gasteiger partial charge in [-0.3, -0.25) is 26.6 Å². The molecule has 7 atom stereocenters. The standard InChI is InChI=1S/C18H36ClFN6O3S/c1-3-10-29-18-24-16(21-12-6-8-26(9-7-12)30(2,27)28)23-17(25-18)22-13-4-5-15(20)14(19)11-13/h12-18,21-25H,3-11H2,1-2H3. The molecule has 0 aromatic rings. The molecule has 0 bridgehead atoms. The zero-order chi connectivity index (χ0) is 21.7. The van der Waals surface area contributed by atoms with Crippen LogP contribution in [0.2, 0.25) is 0 Å². The molecule has 7 unspecified atom stereocenters. The lowest BCUT2D eigenvalue weighted by Gasteiger charge is -2.43. The molecule has 12 heteroatoms. The molecule has 0 aromatic heterocycles. The minimum absolute atomic E-state index is 0.119. The number of rotatable bonds is 8. The number of nitrogens with zero attached hydrogens (tertiary/aromatic N) is 1. The maximum Gasteiger partial charge on any atom is 0.167 e. The van der Waals surface area contributed by atoms with E-state index in [0.717, 1.165) is 25.7 Å². The van der Waals surface area contributed by atoms with Crippen LogP contribution in [0.5, 0.6) is 0 Å². The smallest absolute Gasteiger partial charge is 0.167 e. The summed E-state index contributed by atoms with van der Waals surface area (Å²) >= 11 is 6.13. The van der Waals surface area contributed by atoms with E-state index in [1.807, 2.05) is 0 Å². The second-order valence-electron chi connectivity index (χ2n) is 8.43. The van der Waals surface area contributed by atoms with Gasteiger partial charge in [0.25, 0.3) is 0 Å². The van der Waals surface area contributed by atoms with Crippen LogP contribution in [0.3, 0.4) is 0 Å². The number of halogens is 2. The number of hydrogen-bond donors (Lipinski definition) is 5. The van der Waals surface area contributed by atoms with E-state index in [1.165, 1.54) is 10.6 Å². The summed E-state index contributed by atoms with van der Waals surface area (Å²) in [5, 5.41) is 16.7. The lowest BCUT2D eigenvalue weighted by Crippen LogP contribution is -2.76. The van der Waals surface area contributed by atoms with E-state index >= 15 is 0 Å². The maximum absolute atomic E-state index is 13.7. The topological polar surface area (TPSA) is 113 Å². The molecule has 3 aliphatic rings. The molecule has 0 spiro atoms. The van der Waals surface area contributed by atoms with E-state index < -0.39 is 21.9 Å². The van der Waals surface area contributed by atoms with Crippen molar-refractivity contribution in [2.24, 2.45) is 0 Å². The van der Waals surface area contributed by atoms with Crippen molar-refractivity contribution in [3.63, 3.8) is 0 Å². The van der Waals surface area contributed by atoms with Gasteiger partial charge in [0.1, 0.15) is 35.4 Å². The zero-order valence-electron chi connectivity index (χ0n) is 17.7. The van der Waals surface area contributed by atoms with Crippen LogP contribution in [0.4, 0.5) is 4.39 Å². The molecule has 2 saturated heterocycles. The molecule has 0 aromatic carbocycles. The molecular weight excluding hydrogens is 435 g/mol. The highest BCUT2D eigenvalue weighted by atomic mass is 35.5. The number of nitrogens with one attached hydrogen (secondary N) is 5. The Labute approximate surface area is 184 Å². The van der Waals surface area contributed by atoms with Crippen molar-refractivity contribution < 1.29 is 17.9 Å². The van der Waals surface area contributed by atoms with E-state index in [2.05, 4.69) is 33.5 Å². The Kier molecular flexibility index (Phi) is 9.27. The van der Waals surface area contributed by atoms with Gasteiger partial charge in [-0.15, -0.1) is 15.9 Å². The van der Waals surface area contributed by atoms with Crippen LogP contribution in [0.25, 0.3) is 0 Å². The third kappa shape index (κ3) is 7.29. The van der Waals surface area contributed by atoms with Crippen LogP contribution in [0, 0.1) is 0 Å². The normalized spacial score (nSPS) is 39.0. The van der Waals surface area contributed by atoms with Crippen LogP contribution >= 0.6 is 11.6 Å². The lowest BCUT2D eigenvalue weighted by atomic mass is 9.93. The van der Waals surface area contributed by atoms with Gasteiger partial charge in [-0.2, -0.15) is 0 Å². The van der Waals surface area contributed by atoms with Crippen molar-refractivity contribution in [3.8, 4) is 0 Å². The van der Waals surface area contributed by atoms with Crippen molar-refractivity contribution in [3.05, 3.63) is 0 Å². The number of piperidine rings is 1. The fourth-order valence-corrected chi connectivity index (χ4v) is 5.41. The van der Waals surface area contributed by atoms with Crippen LogP contribution in [0.15, 0.2) is 0 Å². The Morgan fingerprint density at radius 1 is 1.13 bits per heavy atom. The third-order valence-corrected chi connectivity index (χ3v) is 7.63. The molecule has 1 saturated carbocycles. The minimum Gasteiger partial charge on any atom is -0.598 e. The Morgan fingerprint density at radius 2 is 1.77 bits per heavy atom. The monoisotopic (exact) mass is 470 g/mol. The molecule has 2 heterocycles. The molecule has 5 N–H and O–H groups in total. The molecule has 3 rings (SSSR count). The average Bonchev–Trinajstić information content (AvgIpc) is 2.69. The number of sulfonamides is 1. The summed E-state index contributed by atoms with van der Waals surface area (Å²) in [6.45, 7) is 3.71. The van der Waals surface area contributed by atoms with Gasteiger partial charge in [0.2, 0.25) is 0 Å². The summed E-state index contributed by atoms with van der Waals surface area (Å²) in [6, 6.07) is 0.306. The highest BCUT2D eigenvalue weighted by Gasteiger charge is 2.35. The van der Waals surface area contributed by atoms with Gasteiger partial charge in [-0.05, 0) is 38.5 Å². The first-order chi connectivity index (χ1) is 14.2. The first-order valence-corrected chi connectivity index (χ1v) is 13.2. The molecule has 3 fully saturated rings. The molecule has 2 aliphatic heterocycles. The summed E-state index contributed by atoms with van der Waals surface area (Å²) in [5.74, 6) is 0. The van der Waals surface area contributed by atoms with Crippen molar-refractivity contribution >= 4 is 22.0 Å². The molecule has 176 valence electrons. The van der Waals surface area contributed by atoms with E-state index in [9.17, 15) is 13.2 Å². The van der Waals surface area contributed by atoms with Gasteiger partial charge in [-0.1, -0.05) is 11.1 Å². The largest absolute Gasteiger partial charge is 0.598 e. The number of alkyl halides is 2. The summed E-state index contributed by atoms with van der Waals surface area (Å²) in [4.78, 5) is 0. The van der Waals surface area contributed by atoms with Crippen molar-refractivity contribution in [2.75, 3.05) is 26.0 Å². The Hall–Kier alpha value is 0.0500. The summed E-state index contributed by atoms with van der Waals surface area (Å²) in [5.41, 5.74) is 0. The average molecular weight is 471 g/mol. The molecule has 30 heavy (non-hydrogen) atoms. The molecular formula is C18H36ClFN6O3S. The fourth-order valence-electron chi connectivity index (χ4n) is 4.19. The first kappa shape index (κ1) is 24.7. The summed E-state index contributed by atoms with van der Waals surface area (Å²) in [6.07, 6.45) is 3.70. The second kappa shape index (κ2) is 11.3. The lowest BCUT2D eigenvalue weighted by molar-refractivity contribution is -0.0527. The molecule has 0 radical (unpaired) electrons. The maximum atomic E-state index is 13.7. The van der Waals surface area contributed by atoms with E-state index in [4.69, 9.17) is 16.3 Å². The molecule has 0 amide bonds. The summed E-state index contributed by atoms with van der Waals surface area (Å²) < 4.78 is 44.5. The van der Waals surface area contributed by atoms with Crippen molar-refractivity contribution in [1.29, 1.82) is 0 Å². The van der Waals surface area contributed by atoms with Crippen LogP contribution in [0.1, 0.15) is 45.4 Å². The summed E-state index contributed by atoms with van der Waals surface area (Å²) in [7, 11) is -3.14. The van der Waals surface area contributed by atoms with Gasteiger partial charge in [0.15, 0.2) is 6.35 Å². The molecule has 9 nitrogen and oxygen atoms in total. The predicted octanol–water partition coefficient (Wildman–Crippen LogP) is 0.363. The van der Waals surface area contributed by atoms with Gasteiger partial charge in [0, 0.05) is 31.8 Å². The fraction of sp³-hybridized carbons (Fsp3) is 1.00. The number of hydrogen-bond acceptors (Lipinski definition) is 8. The first-order valence-electron chi connectivity index (χ1n) is 10.9. The Bertz CT molecular complexity index is 582. The van der Waals surface area contributed by atoms with Gasteiger partial charge in [-0.25, -0.2) is 4.39 Å². The number of ether oxygens (including phenoxy) is 1. The van der Waals surface area contributed by atoms with Crippen LogP contribution in [-0.4, -0.2) is 77.4 Å². The highest BCUT2D eigenvalue weighted by molar-refractivity contribution is 7.94. The van der Waals surface area contributed by atoms with Gasteiger partial charge < -0.3 is 9.29 Å². The zero-order valence-corrected chi connectivity index (χ0v) is 19.3. The highest BCUT2D eigenvalue weighted by Crippen LogP contribution is 2.26. The van der Waals surface area contributed by atoms with Crippen LogP contribution < -0.4 is 26.6 Å². The SMILES string of the molecule is CCCOC1NC(NC2CCN([S+](C)(=O)[O-])CC2)NC(NC2CCC(F)C(Cl)C2)N1. The Morgan fingerprint density at radius 3 is 2.33 bits per heavy atom. The minimum atomic E-state index is -3.14. The Balaban J connectivity index is 1.52. The van der Waals surface area contributed by atoms with Crippen LogP contribution in [-0.2, 0) is 19.3 Å². The van der Waals surface area contributed by atoms with E-state index in [-0.39, 0.29) is 31.0 Å². The van der Waals surface area contributed by atoms with Crippen molar-refractivity contribution in [2.45, 2.75) is 88.0 Å². The molecule has 1 aliphatic carbocycles.